The van der Waals surface area contributed by atoms with Crippen molar-refractivity contribution in [3.8, 4) is 0 Å². The van der Waals surface area contributed by atoms with Crippen LogP contribution in [0.5, 0.6) is 0 Å². The molecule has 1 aliphatic heterocycles. The molecule has 2 heteroatoms. The van der Waals surface area contributed by atoms with Crippen molar-refractivity contribution in [3.05, 3.63) is 0 Å². The van der Waals surface area contributed by atoms with Crippen LogP contribution in [0.4, 0.5) is 0 Å². The predicted molar refractivity (Wildman–Crippen MR) is 55.5 cm³/mol. The molecule has 0 aromatic carbocycles. The van der Waals surface area contributed by atoms with Crippen molar-refractivity contribution < 1.29 is 9.53 Å². The van der Waals surface area contributed by atoms with Crippen molar-refractivity contribution in [1.29, 1.82) is 0 Å². The van der Waals surface area contributed by atoms with E-state index in [9.17, 15) is 4.79 Å². The number of rotatable bonds is 0. The highest BCUT2D eigenvalue weighted by atomic mass is 16.6. The molecule has 0 radical (unpaired) electrons. The second kappa shape index (κ2) is 2.48. The first-order valence-electron chi connectivity index (χ1n) is 6.51. The number of hydrogen-bond donors (Lipinski definition) is 0. The zero-order valence-electron chi connectivity index (χ0n) is 9.13. The third-order valence-electron chi connectivity index (χ3n) is 5.42. The minimum absolute atomic E-state index is 0.0409. The third-order valence-corrected chi connectivity index (χ3v) is 5.42. The van der Waals surface area contributed by atoms with Crippen LogP contribution in [0.2, 0.25) is 0 Å². The van der Waals surface area contributed by atoms with E-state index in [1.807, 2.05) is 0 Å². The molecule has 4 atom stereocenters. The quantitative estimate of drug-likeness (QED) is 0.570. The maximum atomic E-state index is 12.2. The highest BCUT2D eigenvalue weighted by Gasteiger charge is 2.77. The number of epoxide rings is 1. The summed E-state index contributed by atoms with van der Waals surface area (Å²) in [5.41, 5.74) is 0.216. The van der Waals surface area contributed by atoms with Crippen LogP contribution in [-0.2, 0) is 9.53 Å². The fraction of sp³-hybridized carbons (Fsp3) is 0.923. The minimum atomic E-state index is 0.0409. The minimum Gasteiger partial charge on any atom is -0.362 e. The van der Waals surface area contributed by atoms with Crippen molar-refractivity contribution in [2.75, 3.05) is 0 Å². The van der Waals surface area contributed by atoms with E-state index in [1.165, 1.54) is 25.7 Å². The molecular formula is C13H18O2. The molecular weight excluding hydrogens is 188 g/mol. The summed E-state index contributed by atoms with van der Waals surface area (Å²) in [7, 11) is 0. The lowest BCUT2D eigenvalue weighted by Gasteiger charge is -2.41. The topological polar surface area (TPSA) is 29.6 Å². The normalized spacial score (nSPS) is 56.9. The lowest BCUT2D eigenvalue weighted by molar-refractivity contribution is -0.134. The third kappa shape index (κ3) is 0.848. The Labute approximate surface area is 90.4 Å². The van der Waals surface area contributed by atoms with E-state index in [0.717, 1.165) is 25.7 Å². The van der Waals surface area contributed by atoms with Crippen LogP contribution in [0.3, 0.4) is 0 Å². The Morgan fingerprint density at radius 2 is 2.00 bits per heavy atom. The second-order valence-corrected chi connectivity index (χ2v) is 5.98. The molecule has 0 spiro atoms. The average molecular weight is 206 g/mol. The van der Waals surface area contributed by atoms with Crippen LogP contribution in [0.1, 0.15) is 51.4 Å². The molecule has 1 unspecified atom stereocenters. The molecule has 82 valence electrons. The van der Waals surface area contributed by atoms with Crippen molar-refractivity contribution >= 4 is 5.78 Å². The smallest absolute Gasteiger partial charge is 0.142 e. The van der Waals surface area contributed by atoms with Crippen LogP contribution in [-0.4, -0.2) is 17.0 Å². The predicted octanol–water partition coefficient (Wildman–Crippen LogP) is 2.46. The Hall–Kier alpha value is -0.370. The van der Waals surface area contributed by atoms with Crippen molar-refractivity contribution in [3.63, 3.8) is 0 Å². The van der Waals surface area contributed by atoms with Gasteiger partial charge in [0.25, 0.3) is 0 Å². The highest BCUT2D eigenvalue weighted by Crippen LogP contribution is 2.69. The largest absolute Gasteiger partial charge is 0.362 e. The number of hydrogen-bond acceptors (Lipinski definition) is 2. The van der Waals surface area contributed by atoms with Gasteiger partial charge in [0, 0.05) is 11.8 Å². The monoisotopic (exact) mass is 206 g/mol. The van der Waals surface area contributed by atoms with Gasteiger partial charge in [0.15, 0.2) is 0 Å². The van der Waals surface area contributed by atoms with E-state index in [2.05, 4.69) is 0 Å². The molecule has 3 aliphatic carbocycles. The van der Waals surface area contributed by atoms with E-state index < -0.39 is 0 Å². The van der Waals surface area contributed by atoms with Gasteiger partial charge in [0.2, 0.25) is 0 Å². The van der Waals surface area contributed by atoms with E-state index in [-0.39, 0.29) is 17.1 Å². The molecule has 1 heterocycles. The lowest BCUT2D eigenvalue weighted by Crippen LogP contribution is -2.50. The molecule has 0 N–H and O–H groups in total. The first kappa shape index (κ1) is 8.74. The van der Waals surface area contributed by atoms with Crippen LogP contribution in [0, 0.1) is 11.8 Å². The average Bonchev–Trinajstić information content (AvgIpc) is 2.88. The van der Waals surface area contributed by atoms with Gasteiger partial charge in [-0.1, -0.05) is 19.3 Å². The Kier molecular flexibility index (Phi) is 1.44. The zero-order valence-corrected chi connectivity index (χ0v) is 9.13. The van der Waals surface area contributed by atoms with E-state index in [1.54, 1.807) is 0 Å². The highest BCUT2D eigenvalue weighted by molar-refractivity contribution is 5.88. The maximum absolute atomic E-state index is 12.2. The fourth-order valence-electron chi connectivity index (χ4n) is 4.74. The number of carbonyl (C=O) groups is 1. The Balaban J connectivity index is 1.77. The summed E-state index contributed by atoms with van der Waals surface area (Å²) in [5.74, 6) is 1.19. The number of Topliss-reactive ketones (excluding diaryl/α,β-unsaturated/α-hetero) is 1. The van der Waals surface area contributed by atoms with Gasteiger partial charge >= 0.3 is 0 Å². The molecule has 0 aromatic rings. The van der Waals surface area contributed by atoms with Gasteiger partial charge in [0.1, 0.15) is 11.4 Å². The van der Waals surface area contributed by atoms with Gasteiger partial charge in [-0.3, -0.25) is 4.79 Å². The van der Waals surface area contributed by atoms with Gasteiger partial charge in [0.05, 0.1) is 5.60 Å². The van der Waals surface area contributed by atoms with Gasteiger partial charge in [-0.2, -0.15) is 0 Å². The molecule has 4 rings (SSSR count). The molecule has 15 heavy (non-hydrogen) atoms. The summed E-state index contributed by atoms with van der Waals surface area (Å²) in [4.78, 5) is 12.2. The number of ether oxygens (including phenoxy) is 1. The summed E-state index contributed by atoms with van der Waals surface area (Å²) in [6.45, 7) is 0. The van der Waals surface area contributed by atoms with Crippen LogP contribution < -0.4 is 0 Å². The Bertz CT molecular complexity index is 337. The SMILES string of the molecule is O=C1C2CCC[C@H]1[C@]13CCCC[C@@]1(C2)O3. The van der Waals surface area contributed by atoms with Gasteiger partial charge in [-0.05, 0) is 32.1 Å². The molecule has 1 saturated heterocycles. The van der Waals surface area contributed by atoms with Crippen LogP contribution >= 0.6 is 0 Å². The summed E-state index contributed by atoms with van der Waals surface area (Å²) in [5, 5.41) is 0. The molecule has 0 aromatic heterocycles. The van der Waals surface area contributed by atoms with Crippen LogP contribution in [0.15, 0.2) is 0 Å². The van der Waals surface area contributed by atoms with E-state index >= 15 is 0 Å². The first-order valence-corrected chi connectivity index (χ1v) is 6.51. The molecule has 2 bridgehead atoms. The zero-order chi connectivity index (χ0) is 10.1. The number of ketones is 1. The number of carbonyl (C=O) groups excluding carboxylic acids is 1. The second-order valence-electron chi connectivity index (χ2n) is 5.98. The molecule has 2 nitrogen and oxygen atoms in total. The molecule has 0 amide bonds. The van der Waals surface area contributed by atoms with E-state index in [4.69, 9.17) is 4.74 Å². The molecule has 4 fully saturated rings. The summed E-state index contributed by atoms with van der Waals surface area (Å²) in [6, 6.07) is 0. The molecule has 4 aliphatic rings. The fourth-order valence-corrected chi connectivity index (χ4v) is 4.74. The standard InChI is InChI=1S/C13H18O2/c14-11-9-4-3-5-10(11)13-7-2-1-6-12(13,8-9)15-13/h9-10H,1-8H2/t9?,10-,12+,13-/m1/s1. The maximum Gasteiger partial charge on any atom is 0.142 e. The van der Waals surface area contributed by atoms with Crippen molar-refractivity contribution in [2.45, 2.75) is 62.6 Å². The summed E-state index contributed by atoms with van der Waals surface area (Å²) < 4.78 is 6.18. The molecule has 3 saturated carbocycles. The lowest BCUT2D eigenvalue weighted by atomic mass is 9.57. The van der Waals surface area contributed by atoms with E-state index in [0.29, 0.717) is 11.7 Å². The summed E-state index contributed by atoms with van der Waals surface area (Å²) in [6.07, 6.45) is 9.53. The Morgan fingerprint density at radius 3 is 2.93 bits per heavy atom. The van der Waals surface area contributed by atoms with Crippen LogP contribution in [0.25, 0.3) is 0 Å². The summed E-state index contributed by atoms with van der Waals surface area (Å²) >= 11 is 0. The first-order chi connectivity index (χ1) is 7.28. The Morgan fingerprint density at radius 1 is 1.13 bits per heavy atom. The van der Waals surface area contributed by atoms with Crippen molar-refractivity contribution in [2.24, 2.45) is 11.8 Å². The number of fused-ring (bicyclic) bond motifs is 2. The van der Waals surface area contributed by atoms with Gasteiger partial charge in [-0.15, -0.1) is 0 Å². The van der Waals surface area contributed by atoms with Gasteiger partial charge in [-0.25, -0.2) is 0 Å². The van der Waals surface area contributed by atoms with Crippen molar-refractivity contribution in [1.82, 2.24) is 0 Å². The van der Waals surface area contributed by atoms with Gasteiger partial charge < -0.3 is 4.74 Å².